The van der Waals surface area contributed by atoms with Crippen LogP contribution in [0.1, 0.15) is 11.9 Å². The second-order valence-electron chi connectivity index (χ2n) is 5.69. The van der Waals surface area contributed by atoms with Gasteiger partial charge in [0.1, 0.15) is 16.9 Å². The van der Waals surface area contributed by atoms with Crippen molar-refractivity contribution in [3.05, 3.63) is 29.0 Å². The van der Waals surface area contributed by atoms with Crippen LogP contribution in [-0.4, -0.2) is 53.1 Å². The molecule has 8 nitrogen and oxygen atoms in total. The third kappa shape index (κ3) is 3.97. The summed E-state index contributed by atoms with van der Waals surface area (Å²) in [6.07, 6.45) is -0.709. The molecule has 3 rings (SSSR count). The quantitative estimate of drug-likeness (QED) is 0.784. The molecule has 2 heterocycles. The molecule has 2 aromatic rings. The van der Waals surface area contributed by atoms with E-state index in [9.17, 15) is 14.0 Å². The van der Waals surface area contributed by atoms with Crippen LogP contribution in [-0.2, 0) is 16.0 Å². The Hall–Kier alpha value is -2.59. The number of hydrogen-bond donors (Lipinski definition) is 2. The lowest BCUT2D eigenvalue weighted by Crippen LogP contribution is -2.33. The van der Waals surface area contributed by atoms with E-state index in [-0.39, 0.29) is 31.2 Å². The van der Waals surface area contributed by atoms with E-state index in [1.807, 2.05) is 0 Å². The molecule has 0 radical (unpaired) electrons. The summed E-state index contributed by atoms with van der Waals surface area (Å²) in [5, 5.41) is 20.4. The highest BCUT2D eigenvalue weighted by Crippen LogP contribution is 2.30. The highest BCUT2D eigenvalue weighted by Gasteiger charge is 2.32. The van der Waals surface area contributed by atoms with E-state index in [2.05, 4.69) is 15.5 Å². The van der Waals surface area contributed by atoms with Gasteiger partial charge in [0, 0.05) is 25.5 Å². The van der Waals surface area contributed by atoms with Crippen LogP contribution in [0.25, 0.3) is 10.6 Å². The molecule has 1 aromatic heterocycles. The first kappa shape index (κ1) is 18.2. The number of hydrogen-bond acceptors (Lipinski definition) is 7. The molecule has 1 atom stereocenters. The van der Waals surface area contributed by atoms with Gasteiger partial charge in [-0.2, -0.15) is 0 Å². The number of rotatable bonds is 6. The number of halogens is 1. The van der Waals surface area contributed by atoms with Gasteiger partial charge < -0.3 is 15.2 Å². The number of benzene rings is 1. The van der Waals surface area contributed by atoms with E-state index >= 15 is 0 Å². The number of aliphatic hydroxyl groups is 1. The van der Waals surface area contributed by atoms with Crippen LogP contribution in [0.5, 0.6) is 0 Å². The highest BCUT2D eigenvalue weighted by molar-refractivity contribution is 7.14. The van der Waals surface area contributed by atoms with E-state index in [1.165, 1.54) is 35.3 Å². The highest BCUT2D eigenvalue weighted by atomic mass is 32.1. The molecule has 1 fully saturated rings. The van der Waals surface area contributed by atoms with Crippen molar-refractivity contribution in [3.8, 4) is 10.6 Å². The van der Waals surface area contributed by atoms with Gasteiger partial charge in [-0.15, -0.1) is 10.2 Å². The van der Waals surface area contributed by atoms with Gasteiger partial charge in [0.2, 0.25) is 5.91 Å². The van der Waals surface area contributed by atoms with Crippen molar-refractivity contribution in [2.24, 2.45) is 0 Å². The van der Waals surface area contributed by atoms with E-state index in [0.717, 1.165) is 0 Å². The molecule has 1 aliphatic rings. The molecule has 0 bridgehead atoms. The maximum atomic E-state index is 14.5. The molecule has 1 aromatic carbocycles. The second kappa shape index (κ2) is 7.75. The van der Waals surface area contributed by atoms with Crippen LogP contribution in [0.2, 0.25) is 0 Å². The maximum Gasteiger partial charge on any atom is 0.414 e. The second-order valence-corrected chi connectivity index (χ2v) is 6.75. The van der Waals surface area contributed by atoms with Gasteiger partial charge in [0.15, 0.2) is 5.01 Å². The Kier molecular flexibility index (Phi) is 5.43. The van der Waals surface area contributed by atoms with Crippen molar-refractivity contribution >= 4 is 29.0 Å². The largest absolute Gasteiger partial charge is 0.442 e. The fourth-order valence-electron chi connectivity index (χ4n) is 2.50. The van der Waals surface area contributed by atoms with Crippen LogP contribution >= 0.6 is 11.3 Å². The number of carbonyl (C=O) groups is 2. The molecular weight excluding hydrogens is 363 g/mol. The third-order valence-corrected chi connectivity index (χ3v) is 4.76. The number of aromatic nitrogens is 2. The predicted octanol–water partition coefficient (Wildman–Crippen LogP) is 1.34. The minimum atomic E-state index is -0.589. The Morgan fingerprint density at radius 2 is 2.31 bits per heavy atom. The number of nitrogens with zero attached hydrogens (tertiary/aromatic N) is 3. The van der Waals surface area contributed by atoms with Gasteiger partial charge in [-0.3, -0.25) is 9.69 Å². The number of nitrogens with one attached hydrogen (secondary N) is 1. The zero-order chi connectivity index (χ0) is 18.7. The van der Waals surface area contributed by atoms with E-state index in [4.69, 9.17) is 9.84 Å². The van der Waals surface area contributed by atoms with Gasteiger partial charge >= 0.3 is 6.09 Å². The van der Waals surface area contributed by atoms with Crippen molar-refractivity contribution in [1.82, 2.24) is 15.5 Å². The number of aliphatic hydroxyl groups excluding tert-OH is 1. The summed E-state index contributed by atoms with van der Waals surface area (Å²) in [6.45, 7) is 1.75. The van der Waals surface area contributed by atoms with Crippen molar-refractivity contribution in [3.63, 3.8) is 0 Å². The number of amides is 2. The zero-order valence-electron chi connectivity index (χ0n) is 13.9. The molecule has 0 spiro atoms. The minimum Gasteiger partial charge on any atom is -0.442 e. The number of carbonyl (C=O) groups excluding carboxylic acids is 2. The summed E-state index contributed by atoms with van der Waals surface area (Å²) >= 11 is 1.21. The smallest absolute Gasteiger partial charge is 0.414 e. The summed E-state index contributed by atoms with van der Waals surface area (Å²) in [5.74, 6) is -0.750. The molecule has 26 heavy (non-hydrogen) atoms. The normalized spacial score (nSPS) is 16.7. The van der Waals surface area contributed by atoms with Crippen molar-refractivity contribution in [2.45, 2.75) is 19.4 Å². The van der Waals surface area contributed by atoms with Crippen molar-refractivity contribution in [2.75, 3.05) is 24.6 Å². The SMILES string of the molecule is CC(=O)NC[C@H]1CN(c2ccc(-c3nnc(CCO)s3)c(F)c2)C(=O)O1. The zero-order valence-corrected chi connectivity index (χ0v) is 14.8. The Morgan fingerprint density at radius 1 is 1.50 bits per heavy atom. The minimum absolute atomic E-state index is 0.0488. The van der Waals surface area contributed by atoms with Gasteiger partial charge in [0.25, 0.3) is 0 Å². The van der Waals surface area contributed by atoms with E-state index < -0.39 is 18.0 Å². The standard InChI is InChI=1S/C16H17FN4O4S/c1-9(23)18-7-11-8-21(16(24)25-11)10-2-3-12(13(17)6-10)15-20-19-14(26-15)4-5-22/h2-3,6,11,22H,4-5,7-8H2,1H3,(H,18,23)/t11-/m0/s1. The summed E-state index contributed by atoms with van der Waals surface area (Å²) in [7, 11) is 0. The monoisotopic (exact) mass is 380 g/mol. The van der Waals surface area contributed by atoms with Crippen LogP contribution in [0.4, 0.5) is 14.9 Å². The van der Waals surface area contributed by atoms with Gasteiger partial charge in [-0.25, -0.2) is 9.18 Å². The molecule has 0 aliphatic carbocycles. The lowest BCUT2D eigenvalue weighted by atomic mass is 10.2. The first-order valence-corrected chi connectivity index (χ1v) is 8.75. The summed E-state index contributed by atoms with van der Waals surface area (Å²) in [6, 6.07) is 4.38. The van der Waals surface area contributed by atoms with Gasteiger partial charge in [0.05, 0.1) is 18.8 Å². The van der Waals surface area contributed by atoms with Crippen molar-refractivity contribution < 1.29 is 23.8 Å². The maximum absolute atomic E-state index is 14.5. The summed E-state index contributed by atoms with van der Waals surface area (Å²) in [4.78, 5) is 24.3. The average Bonchev–Trinajstić information content (AvgIpc) is 3.20. The van der Waals surface area contributed by atoms with Crippen molar-refractivity contribution in [1.29, 1.82) is 0 Å². The fraction of sp³-hybridized carbons (Fsp3) is 0.375. The topological polar surface area (TPSA) is 105 Å². The molecule has 0 saturated carbocycles. The fourth-order valence-corrected chi connectivity index (χ4v) is 3.36. The third-order valence-electron chi connectivity index (χ3n) is 3.74. The molecule has 0 unspecified atom stereocenters. The van der Waals surface area contributed by atoms with Gasteiger partial charge in [-0.1, -0.05) is 11.3 Å². The average molecular weight is 380 g/mol. The van der Waals surface area contributed by atoms with Crippen LogP contribution in [0.3, 0.4) is 0 Å². The lowest BCUT2D eigenvalue weighted by Gasteiger charge is -2.14. The summed E-state index contributed by atoms with van der Waals surface area (Å²) < 4.78 is 19.7. The van der Waals surface area contributed by atoms with Crippen LogP contribution < -0.4 is 10.2 Å². The molecule has 138 valence electrons. The van der Waals surface area contributed by atoms with Crippen LogP contribution in [0.15, 0.2) is 18.2 Å². The van der Waals surface area contributed by atoms with Gasteiger partial charge in [-0.05, 0) is 18.2 Å². The number of cyclic esters (lactones) is 1. The van der Waals surface area contributed by atoms with Crippen LogP contribution in [0, 0.1) is 5.82 Å². The van der Waals surface area contributed by atoms with E-state index in [0.29, 0.717) is 22.1 Å². The Balaban J connectivity index is 1.74. The molecule has 2 amide bonds. The number of ether oxygens (including phenoxy) is 1. The van der Waals surface area contributed by atoms with E-state index in [1.54, 1.807) is 6.07 Å². The Morgan fingerprint density at radius 3 is 3.00 bits per heavy atom. The first-order chi connectivity index (χ1) is 12.5. The Bertz CT molecular complexity index is 828. The lowest BCUT2D eigenvalue weighted by molar-refractivity contribution is -0.119. The summed E-state index contributed by atoms with van der Waals surface area (Å²) in [5.41, 5.74) is 0.638. The number of anilines is 1. The molecule has 10 heteroatoms. The molecular formula is C16H17FN4O4S. The Labute approximate surface area is 152 Å². The molecule has 2 N–H and O–H groups in total. The first-order valence-electron chi connectivity index (χ1n) is 7.93. The predicted molar refractivity (Wildman–Crippen MR) is 92.4 cm³/mol. The molecule has 1 saturated heterocycles. The molecule has 1 aliphatic heterocycles.